The molecule has 23 heavy (non-hydrogen) atoms. The third-order valence-corrected chi connectivity index (χ3v) is 4.15. The Labute approximate surface area is 138 Å². The summed E-state index contributed by atoms with van der Waals surface area (Å²) in [4.78, 5) is 14.9. The van der Waals surface area contributed by atoms with Crippen LogP contribution in [0.4, 0.5) is 11.4 Å². The van der Waals surface area contributed by atoms with Gasteiger partial charge in [0.05, 0.1) is 17.9 Å². The van der Waals surface area contributed by atoms with E-state index in [4.69, 9.17) is 0 Å². The van der Waals surface area contributed by atoms with E-state index in [-0.39, 0.29) is 11.4 Å². The lowest BCUT2D eigenvalue weighted by Gasteiger charge is -2.27. The van der Waals surface area contributed by atoms with E-state index in [1.165, 1.54) is 11.1 Å². The first-order valence-electron chi connectivity index (χ1n) is 8.19. The molecular weight excluding hydrogens is 284 g/mol. The van der Waals surface area contributed by atoms with Crippen LogP contribution in [0.2, 0.25) is 0 Å². The van der Waals surface area contributed by atoms with Gasteiger partial charge in [-0.15, -0.1) is 0 Å². The zero-order valence-electron chi connectivity index (χ0n) is 14.1. The minimum atomic E-state index is -0.0828. The van der Waals surface area contributed by atoms with E-state index >= 15 is 0 Å². The van der Waals surface area contributed by atoms with Crippen LogP contribution in [0.5, 0.6) is 0 Å². The summed E-state index contributed by atoms with van der Waals surface area (Å²) < 4.78 is 0. The maximum Gasteiger partial charge on any atom is 0.245 e. The van der Waals surface area contributed by atoms with Gasteiger partial charge in [0, 0.05) is 5.54 Å². The number of nitrogens with one attached hydrogen (secondary N) is 1. The van der Waals surface area contributed by atoms with Gasteiger partial charge in [-0.25, -0.2) is 0 Å². The molecule has 3 heteroatoms. The van der Waals surface area contributed by atoms with E-state index in [2.05, 4.69) is 38.2 Å². The van der Waals surface area contributed by atoms with Crippen LogP contribution in [0.3, 0.4) is 0 Å². The molecule has 3 rings (SSSR count). The number of hydrogen-bond acceptors (Lipinski definition) is 2. The Morgan fingerprint density at radius 1 is 0.957 bits per heavy atom. The largest absolute Gasteiger partial charge is 0.304 e. The second-order valence-electron chi connectivity index (χ2n) is 7.09. The molecule has 1 aliphatic rings. The molecule has 1 aliphatic heterocycles. The van der Waals surface area contributed by atoms with Crippen LogP contribution >= 0.6 is 0 Å². The molecule has 0 spiro atoms. The summed E-state index contributed by atoms with van der Waals surface area (Å²) in [6, 6.07) is 16.4. The third kappa shape index (κ3) is 3.45. The number of anilines is 2. The fourth-order valence-corrected chi connectivity index (χ4v) is 2.97. The molecule has 2 aromatic rings. The van der Waals surface area contributed by atoms with Crippen molar-refractivity contribution >= 4 is 17.3 Å². The highest BCUT2D eigenvalue weighted by molar-refractivity contribution is 6.03. The molecule has 0 atom stereocenters. The van der Waals surface area contributed by atoms with Crippen molar-refractivity contribution in [1.29, 1.82) is 0 Å². The second-order valence-corrected chi connectivity index (χ2v) is 7.09. The van der Waals surface area contributed by atoms with E-state index in [1.807, 2.05) is 41.3 Å². The van der Waals surface area contributed by atoms with Crippen LogP contribution in [0, 0.1) is 0 Å². The Kier molecular flexibility index (Phi) is 4.22. The van der Waals surface area contributed by atoms with E-state index in [9.17, 15) is 4.79 Å². The number of para-hydroxylation sites is 2. The number of nitrogens with zero attached hydrogens (tertiary/aromatic N) is 1. The topological polar surface area (TPSA) is 32.3 Å². The summed E-state index contributed by atoms with van der Waals surface area (Å²) in [6.45, 7) is 6.55. The van der Waals surface area contributed by atoms with Gasteiger partial charge in [0.1, 0.15) is 0 Å². The van der Waals surface area contributed by atoms with Gasteiger partial charge in [-0.05, 0) is 56.9 Å². The third-order valence-electron chi connectivity index (χ3n) is 4.15. The highest BCUT2D eigenvalue weighted by atomic mass is 16.2. The Bertz CT molecular complexity index is 668. The van der Waals surface area contributed by atoms with E-state index in [0.29, 0.717) is 6.54 Å². The van der Waals surface area contributed by atoms with Crippen LogP contribution < -0.4 is 10.2 Å². The first-order valence-corrected chi connectivity index (χ1v) is 8.19. The second kappa shape index (κ2) is 6.17. The SMILES string of the molecule is CC(C)(C)NCC(=O)N1c2ccccc2CCc2ccccc21. The lowest BCUT2D eigenvalue weighted by molar-refractivity contribution is -0.117. The molecule has 0 unspecified atom stereocenters. The van der Waals surface area contributed by atoms with Crippen LogP contribution in [0.25, 0.3) is 0 Å². The van der Waals surface area contributed by atoms with Crippen molar-refractivity contribution in [3.05, 3.63) is 59.7 Å². The normalized spacial score (nSPS) is 14.0. The molecule has 3 nitrogen and oxygen atoms in total. The summed E-state index contributed by atoms with van der Waals surface area (Å²) in [5, 5.41) is 3.31. The number of hydrogen-bond donors (Lipinski definition) is 1. The predicted octanol–water partition coefficient (Wildman–Crippen LogP) is 3.84. The van der Waals surface area contributed by atoms with Crippen molar-refractivity contribution in [2.75, 3.05) is 11.4 Å². The minimum Gasteiger partial charge on any atom is -0.304 e. The Morgan fingerprint density at radius 2 is 1.43 bits per heavy atom. The standard InChI is InChI=1S/C20H24N2O/c1-20(2,3)21-14-19(23)22-17-10-6-4-8-15(17)12-13-16-9-5-7-11-18(16)22/h4-11,21H,12-14H2,1-3H3. The van der Waals surface area contributed by atoms with Crippen LogP contribution in [-0.2, 0) is 17.6 Å². The van der Waals surface area contributed by atoms with Gasteiger partial charge < -0.3 is 5.32 Å². The predicted molar refractivity (Wildman–Crippen MR) is 95.2 cm³/mol. The Morgan fingerprint density at radius 3 is 1.91 bits per heavy atom. The molecule has 0 fully saturated rings. The highest BCUT2D eigenvalue weighted by Crippen LogP contribution is 2.35. The van der Waals surface area contributed by atoms with Crippen LogP contribution in [0.15, 0.2) is 48.5 Å². The van der Waals surface area contributed by atoms with E-state index in [0.717, 1.165) is 24.2 Å². The molecular formula is C20H24N2O. The molecule has 0 aromatic heterocycles. The zero-order valence-corrected chi connectivity index (χ0v) is 14.1. The van der Waals surface area contributed by atoms with Crippen molar-refractivity contribution in [2.45, 2.75) is 39.2 Å². The maximum absolute atomic E-state index is 13.0. The van der Waals surface area contributed by atoms with Gasteiger partial charge in [-0.3, -0.25) is 9.69 Å². The fraction of sp³-hybridized carbons (Fsp3) is 0.350. The summed E-state index contributed by atoms with van der Waals surface area (Å²) in [7, 11) is 0. The maximum atomic E-state index is 13.0. The summed E-state index contributed by atoms with van der Waals surface area (Å²) >= 11 is 0. The van der Waals surface area contributed by atoms with Gasteiger partial charge in [0.15, 0.2) is 0 Å². The highest BCUT2D eigenvalue weighted by Gasteiger charge is 2.26. The van der Waals surface area contributed by atoms with Crippen molar-refractivity contribution < 1.29 is 4.79 Å². The summed E-state index contributed by atoms with van der Waals surface area (Å²) in [5.41, 5.74) is 4.40. The Hall–Kier alpha value is -2.13. The molecule has 120 valence electrons. The van der Waals surface area contributed by atoms with Crippen molar-refractivity contribution in [3.63, 3.8) is 0 Å². The zero-order chi connectivity index (χ0) is 16.4. The van der Waals surface area contributed by atoms with Gasteiger partial charge in [-0.2, -0.15) is 0 Å². The average molecular weight is 308 g/mol. The lowest BCUT2D eigenvalue weighted by Crippen LogP contribution is -2.43. The van der Waals surface area contributed by atoms with Crippen molar-refractivity contribution in [3.8, 4) is 0 Å². The van der Waals surface area contributed by atoms with Crippen molar-refractivity contribution in [1.82, 2.24) is 5.32 Å². The van der Waals surface area contributed by atoms with Gasteiger partial charge in [0.25, 0.3) is 0 Å². The van der Waals surface area contributed by atoms with Crippen LogP contribution in [0.1, 0.15) is 31.9 Å². The first-order chi connectivity index (χ1) is 11.0. The molecule has 1 heterocycles. The van der Waals surface area contributed by atoms with Crippen molar-refractivity contribution in [2.24, 2.45) is 0 Å². The Balaban J connectivity index is 2.01. The number of carbonyl (C=O) groups is 1. The average Bonchev–Trinajstić information content (AvgIpc) is 2.69. The monoisotopic (exact) mass is 308 g/mol. The molecule has 0 saturated carbocycles. The van der Waals surface area contributed by atoms with Gasteiger partial charge in [0.2, 0.25) is 5.91 Å². The molecule has 1 amide bonds. The molecule has 0 aliphatic carbocycles. The quantitative estimate of drug-likeness (QED) is 0.914. The summed E-state index contributed by atoms with van der Waals surface area (Å²) in [6.07, 6.45) is 1.92. The number of amides is 1. The van der Waals surface area contributed by atoms with Gasteiger partial charge in [-0.1, -0.05) is 36.4 Å². The number of carbonyl (C=O) groups excluding carboxylic acids is 1. The number of rotatable bonds is 2. The number of benzene rings is 2. The van der Waals surface area contributed by atoms with Gasteiger partial charge >= 0.3 is 0 Å². The molecule has 2 aromatic carbocycles. The first kappa shape index (κ1) is 15.8. The van der Waals surface area contributed by atoms with E-state index in [1.54, 1.807) is 0 Å². The molecule has 0 bridgehead atoms. The smallest absolute Gasteiger partial charge is 0.245 e. The lowest BCUT2D eigenvalue weighted by atomic mass is 10.0. The number of fused-ring (bicyclic) bond motifs is 2. The fourth-order valence-electron chi connectivity index (χ4n) is 2.97. The van der Waals surface area contributed by atoms with Crippen LogP contribution in [-0.4, -0.2) is 18.0 Å². The molecule has 0 saturated heterocycles. The summed E-state index contributed by atoms with van der Waals surface area (Å²) in [5.74, 6) is 0.0849. The minimum absolute atomic E-state index is 0.0828. The molecule has 0 radical (unpaired) electrons. The number of aryl methyl sites for hydroxylation is 2. The van der Waals surface area contributed by atoms with E-state index < -0.39 is 0 Å². The molecule has 1 N–H and O–H groups in total.